The summed E-state index contributed by atoms with van der Waals surface area (Å²) in [5, 5.41) is 13.5. The van der Waals surface area contributed by atoms with Crippen LogP contribution in [0.4, 0.5) is 0 Å². The van der Waals surface area contributed by atoms with Crippen molar-refractivity contribution < 1.29 is 9.59 Å². The summed E-state index contributed by atoms with van der Waals surface area (Å²) >= 11 is 1.33. The van der Waals surface area contributed by atoms with Gasteiger partial charge in [0.15, 0.2) is 0 Å². The maximum atomic E-state index is 13.6. The average molecular weight is 653 g/mol. The van der Waals surface area contributed by atoms with Crippen molar-refractivity contribution in [1.29, 1.82) is 5.26 Å². The van der Waals surface area contributed by atoms with Crippen molar-refractivity contribution in [3.05, 3.63) is 76.6 Å². The predicted molar refractivity (Wildman–Crippen MR) is 185 cm³/mol. The third kappa shape index (κ3) is 8.13. The van der Waals surface area contributed by atoms with E-state index in [1.165, 1.54) is 17.7 Å². The fourth-order valence-corrected chi connectivity index (χ4v) is 6.46. The summed E-state index contributed by atoms with van der Waals surface area (Å²) in [6.07, 6.45) is 6.52. The molecule has 2 atom stereocenters. The molecule has 4 aromatic rings. The number of hydrogen-bond acceptors (Lipinski definition) is 7. The van der Waals surface area contributed by atoms with Crippen LogP contribution in [0.1, 0.15) is 76.5 Å². The summed E-state index contributed by atoms with van der Waals surface area (Å²) in [4.78, 5) is 46.6. The van der Waals surface area contributed by atoms with Crippen LogP contribution < -0.4 is 10.9 Å². The molecule has 5 rings (SSSR count). The van der Waals surface area contributed by atoms with Gasteiger partial charge in [-0.2, -0.15) is 10.3 Å². The summed E-state index contributed by atoms with van der Waals surface area (Å²) < 4.78 is 2.00. The minimum absolute atomic E-state index is 0.124. The highest BCUT2D eigenvalue weighted by Crippen LogP contribution is 2.28. The van der Waals surface area contributed by atoms with E-state index in [4.69, 9.17) is 0 Å². The van der Waals surface area contributed by atoms with Crippen LogP contribution in [0.25, 0.3) is 21.6 Å². The van der Waals surface area contributed by atoms with Crippen LogP contribution >= 0.6 is 11.3 Å². The second-order valence-corrected chi connectivity index (χ2v) is 15.5. The number of nitriles is 1. The van der Waals surface area contributed by atoms with Gasteiger partial charge in [0.2, 0.25) is 5.62 Å². The standard InChI is InChI=1S/C36H44N8O2S/c1-23(36(5,6)7)39-20-24-10-11-29-28(17-24)41-34(42-32(45)31-13-12-30(47-31)27-14-15-38-22-40-27)44(29)21-26-9-8-16-43(26)33(46)25(19-37)18-35(2,3)4/h10-15,17-18,22-23,26,39H,8-9,16,20-21H2,1-7H3,(H,41,42,45)/b25-18+/t23?,26-/m1/s1. The van der Waals surface area contributed by atoms with E-state index in [0.717, 1.165) is 40.0 Å². The van der Waals surface area contributed by atoms with Crippen LogP contribution in [0, 0.1) is 22.2 Å². The number of carbonyl (C=O) groups is 2. The number of H-pyrrole nitrogens is 1. The Morgan fingerprint density at radius 1 is 1.19 bits per heavy atom. The van der Waals surface area contributed by atoms with Gasteiger partial charge < -0.3 is 19.8 Å². The van der Waals surface area contributed by atoms with E-state index in [2.05, 4.69) is 71.2 Å². The highest BCUT2D eigenvalue weighted by atomic mass is 32.1. The van der Waals surface area contributed by atoms with Crippen LogP contribution in [0.15, 0.2) is 65.6 Å². The number of nitrogens with one attached hydrogen (secondary N) is 2. The number of carbonyl (C=O) groups excluding carboxylic acids is 2. The molecular formula is C36H44N8O2S. The minimum Gasteiger partial charge on any atom is -0.333 e. The lowest BCUT2D eigenvalue weighted by atomic mass is 9.88. The molecule has 1 aromatic carbocycles. The fraction of sp³-hybridized carbons (Fsp3) is 0.444. The van der Waals surface area contributed by atoms with Crippen LogP contribution in [-0.2, 0) is 17.9 Å². The van der Waals surface area contributed by atoms with Gasteiger partial charge in [0.1, 0.15) is 18.0 Å². The van der Waals surface area contributed by atoms with Gasteiger partial charge in [-0.1, -0.05) is 53.7 Å². The predicted octanol–water partition coefficient (Wildman–Crippen LogP) is 6.24. The van der Waals surface area contributed by atoms with Crippen molar-refractivity contribution in [3.63, 3.8) is 0 Å². The number of rotatable bonds is 8. The molecule has 4 heterocycles. The Morgan fingerprint density at radius 3 is 2.66 bits per heavy atom. The monoisotopic (exact) mass is 652 g/mol. The van der Waals surface area contributed by atoms with Gasteiger partial charge >= 0.3 is 0 Å². The first-order valence-corrected chi connectivity index (χ1v) is 16.9. The van der Waals surface area contributed by atoms with Crippen molar-refractivity contribution in [2.24, 2.45) is 15.8 Å². The third-order valence-corrected chi connectivity index (χ3v) is 9.68. The molecule has 2 N–H and O–H groups in total. The van der Waals surface area contributed by atoms with Gasteiger partial charge in [0.25, 0.3) is 11.8 Å². The number of allylic oxidation sites excluding steroid dienone is 1. The first-order valence-electron chi connectivity index (χ1n) is 16.1. The average Bonchev–Trinajstić information content (AvgIpc) is 3.77. The lowest BCUT2D eigenvalue weighted by Crippen LogP contribution is -2.40. The highest BCUT2D eigenvalue weighted by molar-refractivity contribution is 7.17. The molecule has 11 heteroatoms. The Bertz CT molecular complexity index is 1900. The number of imidazole rings is 1. The second kappa shape index (κ2) is 13.8. The Morgan fingerprint density at radius 2 is 1.98 bits per heavy atom. The molecule has 47 heavy (non-hydrogen) atoms. The Hall–Kier alpha value is -4.40. The molecule has 1 saturated heterocycles. The van der Waals surface area contributed by atoms with Gasteiger partial charge in [-0.3, -0.25) is 9.59 Å². The molecular weight excluding hydrogens is 609 g/mol. The Kier molecular flexibility index (Phi) is 9.94. The molecule has 2 amide bonds. The number of benzene rings is 1. The van der Waals surface area contributed by atoms with E-state index >= 15 is 0 Å². The number of aromatic nitrogens is 4. The van der Waals surface area contributed by atoms with Gasteiger partial charge in [-0.25, -0.2) is 9.97 Å². The van der Waals surface area contributed by atoms with E-state index < -0.39 is 0 Å². The van der Waals surface area contributed by atoms with Gasteiger partial charge in [0.05, 0.1) is 32.5 Å². The van der Waals surface area contributed by atoms with Crippen molar-refractivity contribution in [1.82, 2.24) is 29.7 Å². The van der Waals surface area contributed by atoms with E-state index in [1.807, 2.05) is 37.5 Å². The number of likely N-dealkylation sites (tertiary alicyclic amines) is 1. The molecule has 1 unspecified atom stereocenters. The molecule has 1 aliphatic heterocycles. The molecule has 1 fully saturated rings. The molecule has 246 valence electrons. The maximum Gasteiger partial charge on any atom is 0.290 e. The van der Waals surface area contributed by atoms with E-state index in [9.17, 15) is 14.9 Å². The van der Waals surface area contributed by atoms with Gasteiger partial charge in [0, 0.05) is 31.9 Å². The van der Waals surface area contributed by atoms with Crippen molar-refractivity contribution in [3.8, 4) is 16.6 Å². The first kappa shape index (κ1) is 33.9. The smallest absolute Gasteiger partial charge is 0.290 e. The molecule has 0 spiro atoms. The molecule has 0 bridgehead atoms. The molecule has 1 aliphatic rings. The summed E-state index contributed by atoms with van der Waals surface area (Å²) in [7, 11) is 0. The number of hydrogen-bond donors (Lipinski definition) is 2. The van der Waals surface area contributed by atoms with Crippen LogP contribution in [0.2, 0.25) is 0 Å². The van der Waals surface area contributed by atoms with Crippen molar-refractivity contribution >= 4 is 34.2 Å². The zero-order valence-corrected chi connectivity index (χ0v) is 29.1. The molecule has 0 aliphatic carbocycles. The Labute approximate surface area is 280 Å². The van der Waals surface area contributed by atoms with E-state index in [1.54, 1.807) is 29.3 Å². The maximum absolute atomic E-state index is 13.6. The molecule has 0 saturated carbocycles. The number of thiophene rings is 1. The zero-order valence-electron chi connectivity index (χ0n) is 28.3. The summed E-state index contributed by atoms with van der Waals surface area (Å²) in [5.74, 6) is -0.618. The largest absolute Gasteiger partial charge is 0.333 e. The van der Waals surface area contributed by atoms with Crippen molar-refractivity contribution in [2.75, 3.05) is 6.54 Å². The number of fused-ring (bicyclic) bond motifs is 1. The van der Waals surface area contributed by atoms with E-state index in [-0.39, 0.29) is 34.3 Å². The normalized spacial score (nSPS) is 16.9. The minimum atomic E-state index is -0.365. The topological polar surface area (TPSA) is 132 Å². The first-order chi connectivity index (χ1) is 22.2. The number of amides is 2. The fourth-order valence-electron chi connectivity index (χ4n) is 5.59. The van der Waals surface area contributed by atoms with E-state index in [0.29, 0.717) is 36.2 Å². The second-order valence-electron chi connectivity index (χ2n) is 14.4. The number of nitrogens with zero attached hydrogens (tertiary/aromatic N) is 6. The quantitative estimate of drug-likeness (QED) is 0.171. The molecule has 3 aromatic heterocycles. The molecule has 10 nitrogen and oxygen atoms in total. The SMILES string of the molecule is CC(NCc1ccc2c(c1)[nH]/c(=N\C(=O)c1ccc(-c3ccncn3)s1)n2C[C@H]1CCCN1C(=O)/C(C#N)=C/C(C)(C)C)C(C)(C)C. The Balaban J connectivity index is 1.51. The van der Waals surface area contributed by atoms with Gasteiger partial charge in [-0.05, 0) is 66.5 Å². The summed E-state index contributed by atoms with van der Waals surface area (Å²) in [5.41, 5.74) is 3.99. The summed E-state index contributed by atoms with van der Waals surface area (Å²) in [6.45, 7) is 16.5. The molecule has 0 radical (unpaired) electrons. The van der Waals surface area contributed by atoms with Crippen LogP contribution in [-0.4, -0.2) is 54.9 Å². The van der Waals surface area contributed by atoms with Crippen LogP contribution in [0.3, 0.4) is 0 Å². The van der Waals surface area contributed by atoms with Crippen LogP contribution in [0.5, 0.6) is 0 Å². The summed E-state index contributed by atoms with van der Waals surface area (Å²) in [6, 6.07) is 13.9. The third-order valence-electron chi connectivity index (χ3n) is 8.58. The van der Waals surface area contributed by atoms with Gasteiger partial charge in [-0.15, -0.1) is 11.3 Å². The highest BCUT2D eigenvalue weighted by Gasteiger charge is 2.32. The lowest BCUT2D eigenvalue weighted by molar-refractivity contribution is -0.127. The van der Waals surface area contributed by atoms with Crippen molar-refractivity contribution in [2.45, 2.75) is 86.5 Å². The lowest BCUT2D eigenvalue weighted by Gasteiger charge is -2.28. The number of aromatic amines is 1. The zero-order chi connectivity index (χ0) is 33.9.